The van der Waals surface area contributed by atoms with Crippen molar-refractivity contribution in [1.29, 1.82) is 0 Å². The quantitative estimate of drug-likeness (QED) is 0.921. The molecule has 1 aromatic heterocycles. The Labute approximate surface area is 130 Å². The van der Waals surface area contributed by atoms with Gasteiger partial charge < -0.3 is 14.6 Å². The second-order valence-corrected chi connectivity index (χ2v) is 5.45. The molecule has 1 atom stereocenters. The monoisotopic (exact) mass is 299 g/mol. The Morgan fingerprint density at radius 1 is 1.41 bits per heavy atom. The molecule has 1 amide bonds. The van der Waals surface area contributed by atoms with Crippen molar-refractivity contribution >= 4 is 5.91 Å². The Morgan fingerprint density at radius 3 is 2.91 bits per heavy atom. The molecule has 0 saturated carbocycles. The van der Waals surface area contributed by atoms with Crippen molar-refractivity contribution < 1.29 is 9.53 Å². The molecule has 0 aliphatic carbocycles. The van der Waals surface area contributed by atoms with Gasteiger partial charge in [-0.1, -0.05) is 19.1 Å². The number of rotatable bonds is 5. The molecule has 5 nitrogen and oxygen atoms in total. The minimum atomic E-state index is -0.266. The van der Waals surface area contributed by atoms with Gasteiger partial charge in [-0.3, -0.25) is 4.79 Å². The maximum Gasteiger partial charge on any atom is 0.249 e. The molecular formula is C17H21N3O2. The Bertz CT molecular complexity index is 628. The SMILES string of the molecule is CCc1nccn1-c1ccc(CNC(=O)[C@H]2CCCO2)cc1. The predicted octanol–water partition coefficient (Wildman–Crippen LogP) is 2.23. The van der Waals surface area contributed by atoms with E-state index in [-0.39, 0.29) is 12.0 Å². The number of nitrogens with one attached hydrogen (secondary N) is 1. The molecule has 0 bridgehead atoms. The highest BCUT2D eigenvalue weighted by Gasteiger charge is 2.22. The van der Waals surface area contributed by atoms with Crippen LogP contribution in [0.5, 0.6) is 0 Å². The first-order valence-electron chi connectivity index (χ1n) is 7.79. The number of aryl methyl sites for hydroxylation is 1. The first-order valence-corrected chi connectivity index (χ1v) is 7.79. The molecule has 1 fully saturated rings. The smallest absolute Gasteiger partial charge is 0.249 e. The molecule has 1 aromatic carbocycles. The Hall–Kier alpha value is -2.14. The highest BCUT2D eigenvalue weighted by Crippen LogP contribution is 2.14. The van der Waals surface area contributed by atoms with E-state index in [1.807, 2.05) is 36.7 Å². The molecule has 1 N–H and O–H groups in total. The van der Waals surface area contributed by atoms with Crippen molar-refractivity contribution in [2.45, 2.75) is 38.8 Å². The first-order chi connectivity index (χ1) is 10.8. The van der Waals surface area contributed by atoms with Gasteiger partial charge in [0.25, 0.3) is 0 Å². The normalized spacial score (nSPS) is 17.6. The van der Waals surface area contributed by atoms with Crippen LogP contribution in [0.2, 0.25) is 0 Å². The van der Waals surface area contributed by atoms with E-state index in [1.165, 1.54) is 0 Å². The molecule has 0 unspecified atom stereocenters. The fourth-order valence-electron chi connectivity index (χ4n) is 2.69. The predicted molar refractivity (Wildman–Crippen MR) is 83.8 cm³/mol. The highest BCUT2D eigenvalue weighted by molar-refractivity contribution is 5.80. The van der Waals surface area contributed by atoms with Crippen LogP contribution in [0.4, 0.5) is 0 Å². The fraction of sp³-hybridized carbons (Fsp3) is 0.412. The van der Waals surface area contributed by atoms with Crippen molar-refractivity contribution in [3.63, 3.8) is 0 Å². The number of aromatic nitrogens is 2. The standard InChI is InChI=1S/C17H21N3O2/c1-2-16-18-9-10-20(16)14-7-5-13(6-8-14)12-19-17(21)15-4-3-11-22-15/h5-10,15H,2-4,11-12H2,1H3,(H,19,21)/t15-/m1/s1. The van der Waals surface area contributed by atoms with Gasteiger partial charge in [0.05, 0.1) is 0 Å². The Balaban J connectivity index is 1.61. The molecule has 0 spiro atoms. The summed E-state index contributed by atoms with van der Waals surface area (Å²) < 4.78 is 7.45. The van der Waals surface area contributed by atoms with Gasteiger partial charge in [0.2, 0.25) is 5.91 Å². The lowest BCUT2D eigenvalue weighted by Crippen LogP contribution is -2.33. The second kappa shape index (κ2) is 6.75. The average Bonchev–Trinajstić information content (AvgIpc) is 3.24. The fourth-order valence-corrected chi connectivity index (χ4v) is 2.69. The van der Waals surface area contributed by atoms with E-state index >= 15 is 0 Å². The number of benzene rings is 1. The van der Waals surface area contributed by atoms with Gasteiger partial charge in [0, 0.05) is 37.7 Å². The van der Waals surface area contributed by atoms with Gasteiger partial charge in [-0.25, -0.2) is 4.98 Å². The van der Waals surface area contributed by atoms with Gasteiger partial charge >= 0.3 is 0 Å². The molecule has 3 rings (SSSR count). The van der Waals surface area contributed by atoms with E-state index < -0.39 is 0 Å². The zero-order chi connectivity index (χ0) is 15.4. The molecular weight excluding hydrogens is 278 g/mol. The zero-order valence-electron chi connectivity index (χ0n) is 12.8. The summed E-state index contributed by atoms with van der Waals surface area (Å²) >= 11 is 0. The molecule has 2 aromatic rings. The molecule has 2 heterocycles. The lowest BCUT2D eigenvalue weighted by atomic mass is 10.2. The third-order valence-corrected chi connectivity index (χ3v) is 3.94. The van der Waals surface area contributed by atoms with Gasteiger partial charge in [-0.05, 0) is 30.5 Å². The van der Waals surface area contributed by atoms with Crippen LogP contribution in [0, 0.1) is 0 Å². The lowest BCUT2D eigenvalue weighted by Gasteiger charge is -2.11. The van der Waals surface area contributed by atoms with Crippen molar-refractivity contribution in [2.24, 2.45) is 0 Å². The molecule has 1 aliphatic heterocycles. The van der Waals surface area contributed by atoms with Crippen molar-refractivity contribution in [2.75, 3.05) is 6.61 Å². The van der Waals surface area contributed by atoms with Crippen molar-refractivity contribution in [3.8, 4) is 5.69 Å². The second-order valence-electron chi connectivity index (χ2n) is 5.45. The minimum absolute atomic E-state index is 0.00976. The molecule has 22 heavy (non-hydrogen) atoms. The van der Waals surface area contributed by atoms with Crippen LogP contribution in [-0.2, 0) is 22.5 Å². The van der Waals surface area contributed by atoms with Gasteiger partial charge in [0.1, 0.15) is 11.9 Å². The van der Waals surface area contributed by atoms with Crippen LogP contribution >= 0.6 is 0 Å². The van der Waals surface area contributed by atoms with E-state index in [9.17, 15) is 4.79 Å². The number of hydrogen-bond donors (Lipinski definition) is 1. The summed E-state index contributed by atoms with van der Waals surface area (Å²) in [5.74, 6) is 1.03. The van der Waals surface area contributed by atoms with E-state index in [2.05, 4.69) is 21.8 Å². The van der Waals surface area contributed by atoms with Gasteiger partial charge in [-0.15, -0.1) is 0 Å². The van der Waals surface area contributed by atoms with Crippen LogP contribution in [-0.4, -0.2) is 28.2 Å². The maximum absolute atomic E-state index is 11.9. The summed E-state index contributed by atoms with van der Waals surface area (Å²) in [7, 11) is 0. The average molecular weight is 299 g/mol. The lowest BCUT2D eigenvalue weighted by molar-refractivity contribution is -0.130. The number of carbonyl (C=O) groups is 1. The van der Waals surface area contributed by atoms with Crippen LogP contribution in [0.15, 0.2) is 36.7 Å². The summed E-state index contributed by atoms with van der Waals surface area (Å²) in [4.78, 5) is 16.2. The van der Waals surface area contributed by atoms with Crippen LogP contribution in [0.25, 0.3) is 5.69 Å². The third kappa shape index (κ3) is 3.20. The third-order valence-electron chi connectivity index (χ3n) is 3.94. The summed E-state index contributed by atoms with van der Waals surface area (Å²) in [5, 5.41) is 2.93. The molecule has 0 radical (unpaired) electrons. The van der Waals surface area contributed by atoms with E-state index in [1.54, 1.807) is 0 Å². The Morgan fingerprint density at radius 2 is 2.23 bits per heavy atom. The molecule has 1 saturated heterocycles. The first kappa shape index (κ1) is 14.8. The number of nitrogens with zero attached hydrogens (tertiary/aromatic N) is 2. The Kier molecular flexibility index (Phi) is 4.53. The number of carbonyl (C=O) groups excluding carboxylic acids is 1. The zero-order valence-corrected chi connectivity index (χ0v) is 12.8. The van der Waals surface area contributed by atoms with Crippen LogP contribution in [0.3, 0.4) is 0 Å². The van der Waals surface area contributed by atoms with E-state index in [4.69, 9.17) is 4.74 Å². The number of imidazole rings is 1. The molecule has 1 aliphatic rings. The summed E-state index contributed by atoms with van der Waals surface area (Å²) in [5.41, 5.74) is 2.16. The van der Waals surface area contributed by atoms with Gasteiger partial charge in [-0.2, -0.15) is 0 Å². The van der Waals surface area contributed by atoms with E-state index in [0.717, 1.165) is 36.3 Å². The summed E-state index contributed by atoms with van der Waals surface area (Å²) in [6, 6.07) is 8.16. The summed E-state index contributed by atoms with van der Waals surface area (Å²) in [6.07, 6.45) is 6.20. The number of hydrogen-bond acceptors (Lipinski definition) is 3. The molecule has 5 heteroatoms. The minimum Gasteiger partial charge on any atom is -0.368 e. The molecule has 116 valence electrons. The highest BCUT2D eigenvalue weighted by atomic mass is 16.5. The van der Waals surface area contributed by atoms with Crippen molar-refractivity contribution in [3.05, 3.63) is 48.0 Å². The largest absolute Gasteiger partial charge is 0.368 e. The summed E-state index contributed by atoms with van der Waals surface area (Å²) in [6.45, 7) is 3.31. The van der Waals surface area contributed by atoms with Crippen LogP contribution in [0.1, 0.15) is 31.2 Å². The maximum atomic E-state index is 11.9. The van der Waals surface area contributed by atoms with Crippen molar-refractivity contribution in [1.82, 2.24) is 14.9 Å². The van der Waals surface area contributed by atoms with Gasteiger partial charge in [0.15, 0.2) is 0 Å². The topological polar surface area (TPSA) is 56.2 Å². The van der Waals surface area contributed by atoms with E-state index in [0.29, 0.717) is 13.2 Å². The number of amides is 1. The number of ether oxygens (including phenoxy) is 1. The van der Waals surface area contributed by atoms with Crippen LogP contribution < -0.4 is 5.32 Å².